The smallest absolute Gasteiger partial charge is 0.325 e. The van der Waals surface area contributed by atoms with E-state index < -0.39 is 6.03 Å². The van der Waals surface area contributed by atoms with Crippen LogP contribution in [0.1, 0.15) is 48.6 Å². The van der Waals surface area contributed by atoms with E-state index in [4.69, 9.17) is 30.6 Å². The molecular formula is C48H56N10O8. The van der Waals surface area contributed by atoms with Crippen LogP contribution in [0.4, 0.5) is 27.9 Å². The molecule has 5 aromatic rings. The number of carbonyl (C=O) groups excluding carboxylic acids is 3. The maximum Gasteiger partial charge on any atom is 0.325 e. The highest BCUT2D eigenvalue weighted by Gasteiger charge is 2.29. The van der Waals surface area contributed by atoms with Crippen molar-refractivity contribution in [3.63, 3.8) is 0 Å². The Morgan fingerprint density at radius 3 is 2.39 bits per heavy atom. The molecule has 1 aromatic heterocycles. The number of anilines is 4. The normalized spacial score (nSPS) is 13.6. The summed E-state index contributed by atoms with van der Waals surface area (Å²) < 4.78 is 11.4. The third-order valence-electron chi connectivity index (χ3n) is 11.5. The zero-order valence-electron chi connectivity index (χ0n) is 37.1. The van der Waals surface area contributed by atoms with Gasteiger partial charge in [0.2, 0.25) is 17.8 Å². The zero-order valence-corrected chi connectivity index (χ0v) is 37.1. The summed E-state index contributed by atoms with van der Waals surface area (Å²) in [6.45, 7) is 12.1. The van der Waals surface area contributed by atoms with E-state index in [9.17, 15) is 29.7 Å². The first-order valence-electron chi connectivity index (χ1n) is 21.9. The minimum Gasteiger partial charge on any atom is -0.508 e. The number of benzene rings is 4. The number of amidine groups is 1. The predicted molar refractivity (Wildman–Crippen MR) is 253 cm³/mol. The third-order valence-corrected chi connectivity index (χ3v) is 11.5. The maximum absolute atomic E-state index is 12.8. The highest BCUT2D eigenvalue weighted by atomic mass is 16.5. The Bertz CT molecular complexity index is 2600. The standard InChI is InChI=1S/C48H56N10O8/c1-4-44(63)55-18-20-56(21-19-55)46-36-14-17-57(40-26-33(59)25-31-7-5-6-8-35(31)40)29-39(36)53-48(54-46)52-15-13-43(62)51-16-22-65-23-24-66-34-11-9-32(10-12-34)58(47(50)64)45(49)38-27-37(30(2)3)41(60)28-42(38)61/h4-12,25-28,30,49,59-61H,1,13-24,29H2,2-3H3,(H2,50,64)(H,51,62)(H,52,53,54). The molecule has 0 bridgehead atoms. The van der Waals surface area contributed by atoms with Crippen LogP contribution < -0.4 is 35.8 Å². The van der Waals surface area contributed by atoms with Crippen LogP contribution in [0.2, 0.25) is 0 Å². The first kappa shape index (κ1) is 46.4. The second-order valence-electron chi connectivity index (χ2n) is 16.3. The van der Waals surface area contributed by atoms with Gasteiger partial charge in [0.15, 0.2) is 0 Å². The number of phenols is 3. The van der Waals surface area contributed by atoms with Gasteiger partial charge in [0.1, 0.15) is 41.3 Å². The van der Waals surface area contributed by atoms with Crippen LogP contribution in [0, 0.1) is 5.41 Å². The molecule has 0 aliphatic carbocycles. The minimum absolute atomic E-state index is 0.0374. The Morgan fingerprint density at radius 1 is 0.909 bits per heavy atom. The Kier molecular flexibility index (Phi) is 14.7. The number of aromatic nitrogens is 2. The van der Waals surface area contributed by atoms with Crippen LogP contribution in [-0.4, -0.2) is 120 Å². The van der Waals surface area contributed by atoms with Crippen molar-refractivity contribution < 1.29 is 39.2 Å². The molecule has 4 aromatic carbocycles. The summed E-state index contributed by atoms with van der Waals surface area (Å²) in [4.78, 5) is 54.6. The number of phenolic OH excluding ortho intramolecular Hbond substituents is 3. The number of nitrogens with one attached hydrogen (secondary N) is 3. The second kappa shape index (κ2) is 20.9. The highest BCUT2D eigenvalue weighted by Crippen LogP contribution is 2.37. The van der Waals surface area contributed by atoms with Crippen molar-refractivity contribution in [1.82, 2.24) is 20.2 Å². The largest absolute Gasteiger partial charge is 0.508 e. The average molecular weight is 901 g/mol. The number of amides is 4. The van der Waals surface area contributed by atoms with Crippen molar-refractivity contribution >= 4 is 57.6 Å². The van der Waals surface area contributed by atoms with Gasteiger partial charge in [-0.1, -0.05) is 44.7 Å². The number of hydrogen-bond donors (Lipinski definition) is 7. The fourth-order valence-electron chi connectivity index (χ4n) is 8.15. The summed E-state index contributed by atoms with van der Waals surface area (Å²) in [5, 5.41) is 48.0. The van der Waals surface area contributed by atoms with Crippen molar-refractivity contribution in [3.05, 3.63) is 108 Å². The Morgan fingerprint density at radius 2 is 1.67 bits per heavy atom. The van der Waals surface area contributed by atoms with Gasteiger partial charge >= 0.3 is 6.03 Å². The monoisotopic (exact) mass is 900 g/mol. The van der Waals surface area contributed by atoms with Crippen LogP contribution in [0.3, 0.4) is 0 Å². The van der Waals surface area contributed by atoms with Crippen LogP contribution >= 0.6 is 0 Å². The van der Waals surface area contributed by atoms with Gasteiger partial charge in [-0.05, 0) is 65.8 Å². The molecule has 66 heavy (non-hydrogen) atoms. The molecule has 0 unspecified atom stereocenters. The Labute approximate surface area is 382 Å². The van der Waals surface area contributed by atoms with Gasteiger partial charge in [-0.25, -0.2) is 14.7 Å². The molecule has 0 saturated carbocycles. The third kappa shape index (κ3) is 10.8. The topological polar surface area (TPSA) is 243 Å². The number of urea groups is 1. The first-order chi connectivity index (χ1) is 31.8. The Hall–Kier alpha value is -7.60. The zero-order chi connectivity index (χ0) is 46.9. The number of primary amides is 1. The number of fused-ring (bicyclic) bond motifs is 2. The van der Waals surface area contributed by atoms with E-state index in [1.54, 1.807) is 41.3 Å². The first-order valence-corrected chi connectivity index (χ1v) is 21.9. The molecule has 4 amide bonds. The fourth-order valence-corrected chi connectivity index (χ4v) is 8.15. The number of nitrogens with two attached hydrogens (primary N) is 1. The SMILES string of the molecule is C=CC(=O)N1CCN(c2nc(NCCC(=O)NCCOCCOc3ccc(N(C(=N)c4cc(C(C)C)c(O)cc4O)C(N)=O)cc3)nc3c2CCN(c2cc(O)cc4ccccc24)C3)CC1. The highest BCUT2D eigenvalue weighted by molar-refractivity contribution is 6.22. The van der Waals surface area contributed by atoms with Gasteiger partial charge in [-0.3, -0.25) is 15.0 Å². The van der Waals surface area contributed by atoms with Gasteiger partial charge in [-0.2, -0.15) is 4.98 Å². The molecule has 18 nitrogen and oxygen atoms in total. The summed E-state index contributed by atoms with van der Waals surface area (Å²) in [5.74, 6) is 0.689. The van der Waals surface area contributed by atoms with Crippen LogP contribution in [-0.2, 0) is 27.3 Å². The number of nitrogens with zero attached hydrogens (tertiary/aromatic N) is 6. The van der Waals surface area contributed by atoms with Gasteiger partial charge in [0.05, 0.1) is 36.7 Å². The number of rotatable bonds is 17. The van der Waals surface area contributed by atoms with Gasteiger partial charge in [0, 0.05) is 81.0 Å². The molecule has 2 aliphatic rings. The maximum atomic E-state index is 12.8. The predicted octanol–water partition coefficient (Wildman–Crippen LogP) is 5.19. The molecule has 3 heterocycles. The van der Waals surface area contributed by atoms with Crippen molar-refractivity contribution in [2.45, 2.75) is 39.2 Å². The minimum atomic E-state index is -0.930. The Balaban J connectivity index is 0.880. The van der Waals surface area contributed by atoms with Crippen molar-refractivity contribution in [1.29, 1.82) is 5.41 Å². The molecule has 346 valence electrons. The summed E-state index contributed by atoms with van der Waals surface area (Å²) in [6, 6.07) is 19.5. The quantitative estimate of drug-likeness (QED) is 0.0275. The summed E-state index contributed by atoms with van der Waals surface area (Å²) >= 11 is 0. The molecule has 7 rings (SSSR count). The summed E-state index contributed by atoms with van der Waals surface area (Å²) in [7, 11) is 0. The lowest BCUT2D eigenvalue weighted by Crippen LogP contribution is -2.49. The summed E-state index contributed by atoms with van der Waals surface area (Å²) in [6.07, 6.45) is 2.19. The summed E-state index contributed by atoms with van der Waals surface area (Å²) in [5.41, 5.74) is 9.29. The lowest BCUT2D eigenvalue weighted by molar-refractivity contribution is -0.126. The molecule has 8 N–H and O–H groups in total. The number of hydrogen-bond acceptors (Lipinski definition) is 14. The van der Waals surface area contributed by atoms with Gasteiger partial charge in [-0.15, -0.1) is 0 Å². The van der Waals surface area contributed by atoms with E-state index in [0.29, 0.717) is 63.0 Å². The molecule has 1 saturated heterocycles. The van der Waals surface area contributed by atoms with E-state index >= 15 is 0 Å². The van der Waals surface area contributed by atoms with Crippen LogP contribution in [0.5, 0.6) is 23.0 Å². The second-order valence-corrected chi connectivity index (χ2v) is 16.3. The average Bonchev–Trinajstić information content (AvgIpc) is 3.30. The van der Waals surface area contributed by atoms with Gasteiger partial charge < -0.3 is 55.9 Å². The number of ether oxygens (including phenoxy) is 2. The van der Waals surface area contributed by atoms with Crippen molar-refractivity contribution in [2.75, 3.05) is 85.7 Å². The fraction of sp³-hybridized carbons (Fsp3) is 0.333. The molecule has 2 aliphatic heterocycles. The van der Waals surface area contributed by atoms with E-state index in [0.717, 1.165) is 44.5 Å². The van der Waals surface area contributed by atoms with Crippen molar-refractivity contribution in [2.24, 2.45) is 5.73 Å². The van der Waals surface area contributed by atoms with E-state index in [1.807, 2.05) is 38.1 Å². The molecule has 0 atom stereocenters. The number of aromatic hydroxyl groups is 3. The van der Waals surface area contributed by atoms with E-state index in [-0.39, 0.29) is 91.4 Å². The molecule has 18 heteroatoms. The molecule has 0 spiro atoms. The van der Waals surface area contributed by atoms with Crippen LogP contribution in [0.25, 0.3) is 10.8 Å². The van der Waals surface area contributed by atoms with Crippen molar-refractivity contribution in [3.8, 4) is 23.0 Å². The lowest BCUT2D eigenvalue weighted by atomic mass is 9.98. The van der Waals surface area contributed by atoms with Crippen LogP contribution in [0.15, 0.2) is 85.5 Å². The number of piperazine rings is 1. The lowest BCUT2D eigenvalue weighted by Gasteiger charge is -2.38. The molecule has 1 fully saturated rings. The molecule has 0 radical (unpaired) electrons. The molecular weight excluding hydrogens is 845 g/mol. The number of carbonyl (C=O) groups is 3. The van der Waals surface area contributed by atoms with Gasteiger partial charge in [0.25, 0.3) is 0 Å². The van der Waals surface area contributed by atoms with E-state index in [2.05, 4.69) is 27.0 Å². The van der Waals surface area contributed by atoms with E-state index in [1.165, 1.54) is 12.1 Å².